The normalized spacial score (nSPS) is 10.5. The van der Waals surface area contributed by atoms with Gasteiger partial charge in [-0.1, -0.05) is 60.7 Å². The van der Waals surface area contributed by atoms with Crippen molar-refractivity contribution in [1.29, 1.82) is 0 Å². The van der Waals surface area contributed by atoms with Gasteiger partial charge in [0.05, 0.1) is 13.0 Å². The molecule has 0 spiro atoms. The van der Waals surface area contributed by atoms with Crippen molar-refractivity contribution < 1.29 is 9.53 Å². The lowest BCUT2D eigenvalue weighted by atomic mass is 10.0. The summed E-state index contributed by atoms with van der Waals surface area (Å²) in [6, 6.07) is 23.9. The van der Waals surface area contributed by atoms with Crippen LogP contribution in [0.15, 0.2) is 72.8 Å². The van der Waals surface area contributed by atoms with Crippen LogP contribution in [-0.2, 0) is 11.2 Å². The molecule has 0 aliphatic heterocycles. The fourth-order valence-electron chi connectivity index (χ4n) is 2.69. The van der Waals surface area contributed by atoms with E-state index < -0.39 is 0 Å². The summed E-state index contributed by atoms with van der Waals surface area (Å²) in [6.45, 7) is 1.22. The van der Waals surface area contributed by atoms with Crippen molar-refractivity contribution in [3.63, 3.8) is 0 Å². The van der Waals surface area contributed by atoms with Gasteiger partial charge in [0.25, 0.3) is 0 Å². The Morgan fingerprint density at radius 3 is 2.50 bits per heavy atom. The monoisotopic (exact) mass is 319 g/mol. The minimum absolute atomic E-state index is 0.0473. The van der Waals surface area contributed by atoms with Crippen LogP contribution in [0.4, 0.5) is 0 Å². The summed E-state index contributed by atoms with van der Waals surface area (Å²) in [5.74, 6) is 0.908. The molecule has 3 aromatic carbocycles. The zero-order valence-corrected chi connectivity index (χ0v) is 13.6. The molecule has 0 aromatic heterocycles. The Hall–Kier alpha value is -2.81. The van der Waals surface area contributed by atoms with Gasteiger partial charge in [-0.25, -0.2) is 0 Å². The molecule has 3 heteroatoms. The minimum Gasteiger partial charge on any atom is -0.494 e. The molecule has 1 amide bonds. The number of hydrogen-bond donors (Lipinski definition) is 1. The third-order valence-electron chi connectivity index (χ3n) is 3.89. The maximum atomic E-state index is 12.1. The van der Waals surface area contributed by atoms with E-state index in [9.17, 15) is 4.79 Å². The molecular formula is C21H21NO2. The van der Waals surface area contributed by atoms with Crippen LogP contribution >= 0.6 is 0 Å². The fraction of sp³-hybridized carbons (Fsp3) is 0.190. The zero-order valence-electron chi connectivity index (χ0n) is 13.6. The number of rotatable bonds is 7. The number of fused-ring (bicyclic) bond motifs is 1. The van der Waals surface area contributed by atoms with Crippen LogP contribution in [0, 0.1) is 0 Å². The molecule has 0 atom stereocenters. The molecule has 0 heterocycles. The Bertz CT molecular complexity index is 794. The van der Waals surface area contributed by atoms with Crippen LogP contribution in [0.2, 0.25) is 0 Å². The number of ether oxygens (including phenoxy) is 1. The van der Waals surface area contributed by atoms with Gasteiger partial charge in [-0.3, -0.25) is 4.79 Å². The van der Waals surface area contributed by atoms with Crippen molar-refractivity contribution >= 4 is 16.7 Å². The Balaban J connectivity index is 1.44. The van der Waals surface area contributed by atoms with Crippen LogP contribution in [0.1, 0.15) is 12.0 Å². The predicted molar refractivity (Wildman–Crippen MR) is 97.2 cm³/mol. The van der Waals surface area contributed by atoms with Gasteiger partial charge < -0.3 is 10.1 Å². The maximum Gasteiger partial charge on any atom is 0.224 e. The average Bonchev–Trinajstić information content (AvgIpc) is 2.63. The highest BCUT2D eigenvalue weighted by Crippen LogP contribution is 2.18. The Morgan fingerprint density at radius 1 is 0.875 bits per heavy atom. The van der Waals surface area contributed by atoms with Gasteiger partial charge >= 0.3 is 0 Å². The van der Waals surface area contributed by atoms with Gasteiger partial charge in [0, 0.05) is 6.54 Å². The van der Waals surface area contributed by atoms with E-state index in [-0.39, 0.29) is 5.91 Å². The topological polar surface area (TPSA) is 38.3 Å². The Kier molecular flexibility index (Phi) is 5.46. The highest BCUT2D eigenvalue weighted by atomic mass is 16.5. The van der Waals surface area contributed by atoms with Gasteiger partial charge in [-0.2, -0.15) is 0 Å². The lowest BCUT2D eigenvalue weighted by Crippen LogP contribution is -2.27. The zero-order chi connectivity index (χ0) is 16.6. The summed E-state index contributed by atoms with van der Waals surface area (Å²) in [6.07, 6.45) is 1.19. The van der Waals surface area contributed by atoms with Gasteiger partial charge in [0.15, 0.2) is 0 Å². The predicted octanol–water partition coefficient (Wildman–Crippen LogP) is 3.97. The number of carbonyl (C=O) groups is 1. The van der Waals surface area contributed by atoms with E-state index in [1.807, 2.05) is 54.6 Å². The second-order valence-electron chi connectivity index (χ2n) is 5.68. The minimum atomic E-state index is 0.0473. The van der Waals surface area contributed by atoms with Gasteiger partial charge in [0.1, 0.15) is 5.75 Å². The molecule has 0 fully saturated rings. The van der Waals surface area contributed by atoms with Crippen molar-refractivity contribution in [1.82, 2.24) is 5.32 Å². The van der Waals surface area contributed by atoms with Crippen LogP contribution < -0.4 is 10.1 Å². The average molecular weight is 319 g/mol. The first-order valence-electron chi connectivity index (χ1n) is 8.24. The van der Waals surface area contributed by atoms with Crippen molar-refractivity contribution in [2.75, 3.05) is 13.2 Å². The number of hydrogen-bond acceptors (Lipinski definition) is 2. The molecule has 3 aromatic rings. The third kappa shape index (κ3) is 4.35. The number of para-hydroxylation sites is 1. The Labute approximate surface area is 142 Å². The van der Waals surface area contributed by atoms with E-state index in [0.717, 1.165) is 23.1 Å². The molecule has 0 aliphatic rings. The number of amides is 1. The smallest absolute Gasteiger partial charge is 0.224 e. The highest BCUT2D eigenvalue weighted by molar-refractivity contribution is 5.90. The van der Waals surface area contributed by atoms with Crippen LogP contribution in [0.3, 0.4) is 0 Å². The summed E-state index contributed by atoms with van der Waals surface area (Å²) >= 11 is 0. The van der Waals surface area contributed by atoms with Gasteiger partial charge in [-0.15, -0.1) is 0 Å². The second-order valence-corrected chi connectivity index (χ2v) is 5.68. The standard InChI is InChI=1S/C21H21NO2/c23-21(22-14-7-15-24-19-11-2-1-3-12-19)16-18-10-6-9-17-8-4-5-13-20(17)18/h1-6,8-13H,7,14-16H2,(H,22,23). The van der Waals surface area contributed by atoms with Crippen LogP contribution in [0.5, 0.6) is 5.75 Å². The van der Waals surface area contributed by atoms with Crippen LogP contribution in [0.25, 0.3) is 10.8 Å². The third-order valence-corrected chi connectivity index (χ3v) is 3.89. The molecule has 0 saturated heterocycles. The summed E-state index contributed by atoms with van der Waals surface area (Å²) < 4.78 is 5.61. The number of nitrogens with one attached hydrogen (secondary N) is 1. The molecular weight excluding hydrogens is 298 g/mol. The molecule has 0 saturated carbocycles. The van der Waals surface area contributed by atoms with Crippen molar-refractivity contribution in [2.45, 2.75) is 12.8 Å². The molecule has 0 radical (unpaired) electrons. The van der Waals surface area contributed by atoms with E-state index in [1.54, 1.807) is 0 Å². The summed E-state index contributed by atoms with van der Waals surface area (Å²) in [5, 5.41) is 5.27. The number of carbonyl (C=O) groups excluding carboxylic acids is 1. The first-order valence-corrected chi connectivity index (χ1v) is 8.24. The molecule has 0 unspecified atom stereocenters. The van der Waals surface area contributed by atoms with Crippen LogP contribution in [-0.4, -0.2) is 19.1 Å². The largest absolute Gasteiger partial charge is 0.494 e. The molecule has 122 valence electrons. The molecule has 3 rings (SSSR count). The van der Waals surface area contributed by atoms with Crippen molar-refractivity contribution in [3.05, 3.63) is 78.4 Å². The van der Waals surface area contributed by atoms with E-state index >= 15 is 0 Å². The summed E-state index contributed by atoms with van der Waals surface area (Å²) in [5.41, 5.74) is 1.06. The first-order chi connectivity index (χ1) is 11.8. The SMILES string of the molecule is O=C(Cc1cccc2ccccc12)NCCCOc1ccccc1. The molecule has 3 nitrogen and oxygen atoms in total. The number of benzene rings is 3. The quantitative estimate of drug-likeness (QED) is 0.669. The first kappa shape index (κ1) is 16.1. The molecule has 1 N–H and O–H groups in total. The van der Waals surface area contributed by atoms with Gasteiger partial charge in [0.2, 0.25) is 5.91 Å². The van der Waals surface area contributed by atoms with E-state index in [4.69, 9.17) is 4.74 Å². The molecule has 0 aliphatic carbocycles. The van der Waals surface area contributed by atoms with E-state index in [2.05, 4.69) is 23.5 Å². The molecule has 24 heavy (non-hydrogen) atoms. The Morgan fingerprint density at radius 2 is 1.62 bits per heavy atom. The van der Waals surface area contributed by atoms with Crippen molar-refractivity contribution in [3.8, 4) is 5.75 Å². The fourth-order valence-corrected chi connectivity index (χ4v) is 2.69. The lowest BCUT2D eigenvalue weighted by Gasteiger charge is -2.09. The molecule has 0 bridgehead atoms. The lowest BCUT2D eigenvalue weighted by molar-refractivity contribution is -0.120. The summed E-state index contributed by atoms with van der Waals surface area (Å²) in [7, 11) is 0. The van der Waals surface area contributed by atoms with E-state index in [0.29, 0.717) is 19.6 Å². The summed E-state index contributed by atoms with van der Waals surface area (Å²) in [4.78, 5) is 12.1. The van der Waals surface area contributed by atoms with Crippen molar-refractivity contribution in [2.24, 2.45) is 0 Å². The second kappa shape index (κ2) is 8.16. The highest BCUT2D eigenvalue weighted by Gasteiger charge is 2.06. The van der Waals surface area contributed by atoms with E-state index in [1.165, 1.54) is 5.39 Å². The maximum absolute atomic E-state index is 12.1. The van der Waals surface area contributed by atoms with Gasteiger partial charge in [-0.05, 0) is 34.9 Å².